The number of hydrogen-bond donors (Lipinski definition) is 0. The molecule has 3 atom stereocenters. The Balaban J connectivity index is 2.05. The molecule has 1 saturated heterocycles. The predicted molar refractivity (Wildman–Crippen MR) is 80.7 cm³/mol. The van der Waals surface area contributed by atoms with E-state index in [1.165, 1.54) is 5.56 Å². The van der Waals surface area contributed by atoms with Gasteiger partial charge < -0.3 is 4.74 Å². The van der Waals surface area contributed by atoms with Crippen molar-refractivity contribution in [1.29, 1.82) is 0 Å². The molecule has 0 aliphatic carbocycles. The zero-order valence-corrected chi connectivity index (χ0v) is 13.5. The third kappa shape index (κ3) is 3.23. The highest BCUT2D eigenvalue weighted by atomic mass is 32.2. The largest absolute Gasteiger partial charge is 0.370 e. The summed E-state index contributed by atoms with van der Waals surface area (Å²) in [5, 5.41) is -0.379. The maximum absolute atomic E-state index is 12.1. The van der Waals surface area contributed by atoms with Crippen LogP contribution in [0.2, 0.25) is 0 Å². The van der Waals surface area contributed by atoms with Crippen molar-refractivity contribution in [2.75, 3.05) is 0 Å². The summed E-state index contributed by atoms with van der Waals surface area (Å²) in [5.74, 6) is 0.396. The van der Waals surface area contributed by atoms with E-state index in [4.69, 9.17) is 4.74 Å². The average molecular weight is 296 g/mol. The van der Waals surface area contributed by atoms with Gasteiger partial charge in [-0.2, -0.15) is 0 Å². The Labute approximate surface area is 122 Å². The first-order valence-electron chi connectivity index (χ1n) is 7.35. The third-order valence-electron chi connectivity index (χ3n) is 4.07. The maximum Gasteiger partial charge on any atom is 0.180 e. The fraction of sp³-hybridized carbons (Fsp3) is 0.625. The van der Waals surface area contributed by atoms with Crippen molar-refractivity contribution in [2.45, 2.75) is 68.8 Å². The second-order valence-corrected chi connectivity index (χ2v) is 8.43. The lowest BCUT2D eigenvalue weighted by molar-refractivity contribution is 0.353. The Bertz CT molecular complexity index is 546. The fourth-order valence-electron chi connectivity index (χ4n) is 2.49. The Morgan fingerprint density at radius 3 is 2.15 bits per heavy atom. The summed E-state index contributed by atoms with van der Waals surface area (Å²) in [5.41, 5.74) is 1.18. The van der Waals surface area contributed by atoms with Gasteiger partial charge in [0.1, 0.15) is 0 Å². The van der Waals surface area contributed by atoms with Gasteiger partial charge in [-0.05, 0) is 50.3 Å². The van der Waals surface area contributed by atoms with Gasteiger partial charge in [-0.15, -0.1) is 0 Å². The molecule has 0 amide bonds. The van der Waals surface area contributed by atoms with Crippen LogP contribution >= 0.6 is 0 Å². The summed E-state index contributed by atoms with van der Waals surface area (Å²) in [4.78, 5) is 0.414. The lowest BCUT2D eigenvalue weighted by Gasteiger charge is -2.12. The molecule has 0 N–H and O–H groups in total. The van der Waals surface area contributed by atoms with Gasteiger partial charge >= 0.3 is 0 Å². The van der Waals surface area contributed by atoms with Crippen LogP contribution in [-0.2, 0) is 14.6 Å². The van der Waals surface area contributed by atoms with Crippen LogP contribution in [0.5, 0.6) is 0 Å². The van der Waals surface area contributed by atoms with Crippen molar-refractivity contribution in [2.24, 2.45) is 0 Å². The highest BCUT2D eigenvalue weighted by Crippen LogP contribution is 2.34. The van der Waals surface area contributed by atoms with Crippen molar-refractivity contribution in [1.82, 2.24) is 0 Å². The Morgan fingerprint density at radius 1 is 1.10 bits per heavy atom. The number of hydrogen-bond acceptors (Lipinski definition) is 3. The molecular weight excluding hydrogens is 272 g/mol. The standard InChI is InChI=1S/C16H24O3S/c1-5-15-16(19-15)10-12(4)13-6-8-14(9-7-13)20(17,18)11(2)3/h6-9,11-12,15-16H,5,10H2,1-4H3. The quantitative estimate of drug-likeness (QED) is 0.754. The summed E-state index contributed by atoms with van der Waals surface area (Å²) in [6.07, 6.45) is 2.89. The Hall–Kier alpha value is -0.870. The van der Waals surface area contributed by atoms with Gasteiger partial charge in [-0.1, -0.05) is 26.0 Å². The van der Waals surface area contributed by atoms with Crippen LogP contribution in [-0.4, -0.2) is 25.9 Å². The molecule has 1 aliphatic heterocycles. The number of sulfone groups is 1. The van der Waals surface area contributed by atoms with Gasteiger partial charge in [0, 0.05) is 0 Å². The summed E-state index contributed by atoms with van der Waals surface area (Å²) in [6.45, 7) is 7.73. The molecule has 1 aromatic rings. The van der Waals surface area contributed by atoms with Crippen LogP contribution in [0.4, 0.5) is 0 Å². The second-order valence-electron chi connectivity index (χ2n) is 5.92. The molecular formula is C16H24O3S. The first-order valence-corrected chi connectivity index (χ1v) is 8.90. The maximum atomic E-state index is 12.1. The Kier molecular flexibility index (Phi) is 4.55. The van der Waals surface area contributed by atoms with Crippen molar-refractivity contribution < 1.29 is 13.2 Å². The molecule has 3 nitrogen and oxygen atoms in total. The molecule has 2 rings (SSSR count). The molecule has 0 bridgehead atoms. The van der Waals surface area contributed by atoms with E-state index < -0.39 is 9.84 Å². The van der Waals surface area contributed by atoms with Crippen LogP contribution in [0.15, 0.2) is 29.2 Å². The van der Waals surface area contributed by atoms with Crippen LogP contribution in [0, 0.1) is 0 Å². The molecule has 4 heteroatoms. The second kappa shape index (κ2) is 5.86. The minimum Gasteiger partial charge on any atom is -0.370 e. The number of benzene rings is 1. The van der Waals surface area contributed by atoms with Crippen molar-refractivity contribution in [3.05, 3.63) is 29.8 Å². The normalized spacial score (nSPS) is 23.9. The summed E-state index contributed by atoms with van der Waals surface area (Å²) in [6, 6.07) is 7.32. The molecule has 1 heterocycles. The number of ether oxygens (including phenoxy) is 1. The fourth-order valence-corrected chi connectivity index (χ4v) is 3.55. The highest BCUT2D eigenvalue weighted by Gasteiger charge is 2.37. The smallest absolute Gasteiger partial charge is 0.180 e. The number of rotatable bonds is 6. The molecule has 0 saturated carbocycles. The SMILES string of the molecule is CCC1OC1CC(C)c1ccc(S(=O)(=O)C(C)C)cc1. The zero-order valence-electron chi connectivity index (χ0n) is 12.7. The molecule has 0 aromatic heterocycles. The van der Waals surface area contributed by atoms with E-state index in [1.807, 2.05) is 12.1 Å². The summed E-state index contributed by atoms with van der Waals surface area (Å²) in [7, 11) is -3.17. The van der Waals surface area contributed by atoms with Gasteiger partial charge in [0.05, 0.1) is 22.4 Å². The van der Waals surface area contributed by atoms with Crippen LogP contribution in [0.1, 0.15) is 52.0 Å². The van der Waals surface area contributed by atoms with E-state index in [0.717, 1.165) is 12.8 Å². The highest BCUT2D eigenvalue weighted by molar-refractivity contribution is 7.92. The van der Waals surface area contributed by atoms with E-state index >= 15 is 0 Å². The molecule has 1 aromatic carbocycles. The van der Waals surface area contributed by atoms with E-state index in [9.17, 15) is 8.42 Å². The van der Waals surface area contributed by atoms with E-state index in [-0.39, 0.29) is 5.25 Å². The van der Waals surface area contributed by atoms with Gasteiger partial charge in [-0.25, -0.2) is 8.42 Å². The molecule has 3 unspecified atom stereocenters. The van der Waals surface area contributed by atoms with E-state index in [2.05, 4.69) is 13.8 Å². The van der Waals surface area contributed by atoms with Crippen LogP contribution in [0.3, 0.4) is 0 Å². The van der Waals surface area contributed by atoms with Gasteiger partial charge in [-0.3, -0.25) is 0 Å². The minimum atomic E-state index is -3.17. The van der Waals surface area contributed by atoms with E-state index in [0.29, 0.717) is 23.0 Å². The first-order chi connectivity index (χ1) is 9.36. The molecule has 112 valence electrons. The molecule has 0 radical (unpaired) electrons. The lowest BCUT2D eigenvalue weighted by Crippen LogP contribution is -2.14. The molecule has 0 spiro atoms. The summed E-state index contributed by atoms with van der Waals surface area (Å²) >= 11 is 0. The van der Waals surface area contributed by atoms with Crippen molar-refractivity contribution in [3.8, 4) is 0 Å². The third-order valence-corrected chi connectivity index (χ3v) is 6.24. The van der Waals surface area contributed by atoms with Gasteiger partial charge in [0.25, 0.3) is 0 Å². The topological polar surface area (TPSA) is 46.7 Å². The zero-order chi connectivity index (χ0) is 14.9. The summed E-state index contributed by atoms with van der Waals surface area (Å²) < 4.78 is 29.7. The molecule has 1 aliphatic rings. The Morgan fingerprint density at radius 2 is 1.70 bits per heavy atom. The number of epoxide rings is 1. The van der Waals surface area contributed by atoms with Gasteiger partial charge in [0.15, 0.2) is 9.84 Å². The molecule has 20 heavy (non-hydrogen) atoms. The van der Waals surface area contributed by atoms with Crippen LogP contribution < -0.4 is 0 Å². The molecule has 1 fully saturated rings. The van der Waals surface area contributed by atoms with E-state index in [1.54, 1.807) is 26.0 Å². The lowest BCUT2D eigenvalue weighted by atomic mass is 9.95. The first kappa shape index (κ1) is 15.5. The predicted octanol–water partition coefficient (Wildman–Crippen LogP) is 3.54. The van der Waals surface area contributed by atoms with Crippen molar-refractivity contribution in [3.63, 3.8) is 0 Å². The van der Waals surface area contributed by atoms with Crippen LogP contribution in [0.25, 0.3) is 0 Å². The van der Waals surface area contributed by atoms with Crippen molar-refractivity contribution >= 4 is 9.84 Å². The minimum absolute atomic E-state index is 0.379. The average Bonchev–Trinajstić information content (AvgIpc) is 3.17. The van der Waals surface area contributed by atoms with Gasteiger partial charge in [0.2, 0.25) is 0 Å². The monoisotopic (exact) mass is 296 g/mol.